The highest BCUT2D eigenvalue weighted by Gasteiger charge is 2.34. The SMILES string of the molecule is CCOc1ccc(S(=O)(=O)N(CC(=O)N(Cc2ccc(Cl)cc2)[C@@H](Cc2ccccc2)C(=O)NC)c2ccccc2)cc1. The van der Waals surface area contributed by atoms with Gasteiger partial charge in [-0.15, -0.1) is 0 Å². The topological polar surface area (TPSA) is 96.0 Å². The monoisotopic (exact) mass is 619 g/mol. The Morgan fingerprint density at radius 2 is 1.44 bits per heavy atom. The predicted molar refractivity (Wildman–Crippen MR) is 169 cm³/mol. The van der Waals surface area contributed by atoms with Crippen molar-refractivity contribution in [1.82, 2.24) is 10.2 Å². The number of hydrogen-bond donors (Lipinski definition) is 1. The highest BCUT2D eigenvalue weighted by atomic mass is 35.5. The molecular formula is C33H34ClN3O5S. The smallest absolute Gasteiger partial charge is 0.264 e. The number of likely N-dealkylation sites (N-methyl/N-ethyl adjacent to an activating group) is 1. The minimum atomic E-state index is -4.19. The Balaban J connectivity index is 1.75. The average molecular weight is 620 g/mol. The second-order valence-electron chi connectivity index (χ2n) is 9.72. The summed E-state index contributed by atoms with van der Waals surface area (Å²) in [6, 6.07) is 29.9. The number of rotatable bonds is 13. The summed E-state index contributed by atoms with van der Waals surface area (Å²) in [6.45, 7) is 1.81. The van der Waals surface area contributed by atoms with Crippen LogP contribution in [0.2, 0.25) is 5.02 Å². The van der Waals surface area contributed by atoms with E-state index in [-0.39, 0.29) is 23.8 Å². The Kier molecular flexibility index (Phi) is 10.8. The molecule has 4 rings (SSSR count). The van der Waals surface area contributed by atoms with Gasteiger partial charge in [0.25, 0.3) is 10.0 Å². The van der Waals surface area contributed by atoms with Crippen LogP contribution in [0.4, 0.5) is 5.69 Å². The van der Waals surface area contributed by atoms with Crippen LogP contribution in [0.1, 0.15) is 18.1 Å². The number of nitrogens with zero attached hydrogens (tertiary/aromatic N) is 2. The predicted octanol–water partition coefficient (Wildman–Crippen LogP) is 5.32. The van der Waals surface area contributed by atoms with Crippen molar-refractivity contribution in [3.8, 4) is 5.75 Å². The third-order valence-corrected chi connectivity index (χ3v) is 8.87. The van der Waals surface area contributed by atoms with Gasteiger partial charge in [0.1, 0.15) is 18.3 Å². The van der Waals surface area contributed by atoms with Crippen LogP contribution in [-0.4, -0.2) is 51.4 Å². The molecule has 8 nitrogen and oxygen atoms in total. The normalized spacial score (nSPS) is 11.8. The maximum absolute atomic E-state index is 14.3. The van der Waals surface area contributed by atoms with E-state index < -0.39 is 28.5 Å². The number of hydrogen-bond acceptors (Lipinski definition) is 5. The van der Waals surface area contributed by atoms with Crippen LogP contribution in [0.25, 0.3) is 0 Å². The number of anilines is 1. The molecule has 4 aromatic carbocycles. The molecule has 4 aromatic rings. The number of sulfonamides is 1. The molecule has 1 atom stereocenters. The second-order valence-corrected chi connectivity index (χ2v) is 12.0. The van der Waals surface area contributed by atoms with Crippen molar-refractivity contribution in [3.63, 3.8) is 0 Å². The molecule has 0 unspecified atom stereocenters. The molecule has 0 saturated carbocycles. The van der Waals surface area contributed by atoms with E-state index in [1.54, 1.807) is 66.7 Å². The molecule has 0 fully saturated rings. The van der Waals surface area contributed by atoms with Gasteiger partial charge in [-0.1, -0.05) is 72.3 Å². The Morgan fingerprint density at radius 3 is 2.02 bits per heavy atom. The quantitative estimate of drug-likeness (QED) is 0.219. The molecule has 10 heteroatoms. The zero-order chi connectivity index (χ0) is 30.8. The molecule has 43 heavy (non-hydrogen) atoms. The highest BCUT2D eigenvalue weighted by Crippen LogP contribution is 2.26. The number of ether oxygens (including phenoxy) is 1. The summed E-state index contributed by atoms with van der Waals surface area (Å²) in [6.07, 6.45) is 0.233. The molecule has 0 aliphatic rings. The fraction of sp³-hybridized carbons (Fsp3) is 0.212. The van der Waals surface area contributed by atoms with E-state index in [1.807, 2.05) is 37.3 Å². The number of benzene rings is 4. The van der Waals surface area contributed by atoms with Crippen LogP contribution in [-0.2, 0) is 32.6 Å². The Labute approximate surface area is 257 Å². The Morgan fingerprint density at radius 1 is 0.837 bits per heavy atom. The van der Waals surface area contributed by atoms with Gasteiger partial charge >= 0.3 is 0 Å². The summed E-state index contributed by atoms with van der Waals surface area (Å²) >= 11 is 6.10. The zero-order valence-electron chi connectivity index (χ0n) is 24.0. The summed E-state index contributed by atoms with van der Waals surface area (Å²) in [5.41, 5.74) is 1.91. The van der Waals surface area contributed by atoms with E-state index in [2.05, 4.69) is 5.32 Å². The molecule has 0 spiro atoms. The number of carbonyl (C=O) groups excluding carboxylic acids is 2. The van der Waals surface area contributed by atoms with Gasteiger partial charge in [-0.25, -0.2) is 8.42 Å². The van der Waals surface area contributed by atoms with Gasteiger partial charge < -0.3 is 15.0 Å². The van der Waals surface area contributed by atoms with Gasteiger partial charge in [-0.05, 0) is 66.6 Å². The van der Waals surface area contributed by atoms with E-state index in [0.717, 1.165) is 15.4 Å². The molecule has 224 valence electrons. The molecule has 0 aromatic heterocycles. The van der Waals surface area contributed by atoms with E-state index in [9.17, 15) is 18.0 Å². The number of para-hydroxylation sites is 1. The van der Waals surface area contributed by atoms with Crippen LogP contribution in [0.15, 0.2) is 114 Å². The van der Waals surface area contributed by atoms with Crippen LogP contribution < -0.4 is 14.4 Å². The standard InChI is InChI=1S/C33H34ClN3O5S/c1-3-42-29-18-20-30(21-19-29)43(40,41)37(28-12-8-5-9-13-28)24-32(38)36(23-26-14-16-27(34)17-15-26)31(33(39)35-2)22-25-10-6-4-7-11-25/h4-21,31H,3,22-24H2,1-2H3,(H,35,39)/t31-/m0/s1. The molecule has 0 aliphatic carbocycles. The molecule has 0 saturated heterocycles. The largest absolute Gasteiger partial charge is 0.494 e. The van der Waals surface area contributed by atoms with Crippen LogP contribution in [0, 0.1) is 0 Å². The third-order valence-electron chi connectivity index (χ3n) is 6.83. The van der Waals surface area contributed by atoms with E-state index in [0.29, 0.717) is 23.1 Å². The van der Waals surface area contributed by atoms with Gasteiger partial charge in [-0.3, -0.25) is 13.9 Å². The minimum absolute atomic E-state index is 0.00370. The fourth-order valence-electron chi connectivity index (χ4n) is 4.63. The maximum atomic E-state index is 14.3. The molecular weight excluding hydrogens is 586 g/mol. The number of nitrogens with one attached hydrogen (secondary N) is 1. The lowest BCUT2D eigenvalue weighted by Crippen LogP contribution is -2.53. The van der Waals surface area contributed by atoms with Crippen molar-refractivity contribution >= 4 is 39.1 Å². The molecule has 2 amide bonds. The number of halogens is 1. The summed E-state index contributed by atoms with van der Waals surface area (Å²) in [4.78, 5) is 29.0. The Bertz CT molecular complexity index is 1600. The number of amides is 2. The van der Waals surface area contributed by atoms with Crippen LogP contribution in [0.3, 0.4) is 0 Å². The van der Waals surface area contributed by atoms with E-state index >= 15 is 0 Å². The van der Waals surface area contributed by atoms with Crippen molar-refractivity contribution in [1.29, 1.82) is 0 Å². The van der Waals surface area contributed by atoms with Crippen molar-refractivity contribution in [2.45, 2.75) is 30.8 Å². The summed E-state index contributed by atoms with van der Waals surface area (Å²) in [7, 11) is -2.68. The van der Waals surface area contributed by atoms with Gasteiger partial charge in [-0.2, -0.15) is 0 Å². The molecule has 0 heterocycles. The molecule has 0 bridgehead atoms. The van der Waals surface area contributed by atoms with Crippen molar-refractivity contribution in [2.75, 3.05) is 24.5 Å². The first-order valence-electron chi connectivity index (χ1n) is 13.8. The average Bonchev–Trinajstić information content (AvgIpc) is 3.03. The van der Waals surface area contributed by atoms with Crippen molar-refractivity contribution < 1.29 is 22.7 Å². The van der Waals surface area contributed by atoms with Gasteiger partial charge in [0.05, 0.1) is 17.2 Å². The van der Waals surface area contributed by atoms with Gasteiger partial charge in [0.15, 0.2) is 0 Å². The van der Waals surface area contributed by atoms with Gasteiger partial charge in [0.2, 0.25) is 11.8 Å². The molecule has 1 N–H and O–H groups in total. The lowest BCUT2D eigenvalue weighted by molar-refractivity contribution is -0.139. The second kappa shape index (κ2) is 14.7. The van der Waals surface area contributed by atoms with Crippen LogP contribution in [0.5, 0.6) is 5.75 Å². The van der Waals surface area contributed by atoms with Crippen molar-refractivity contribution in [2.24, 2.45) is 0 Å². The lowest BCUT2D eigenvalue weighted by atomic mass is 10.0. The maximum Gasteiger partial charge on any atom is 0.264 e. The first-order chi connectivity index (χ1) is 20.7. The highest BCUT2D eigenvalue weighted by molar-refractivity contribution is 7.92. The molecule has 0 aliphatic heterocycles. The van der Waals surface area contributed by atoms with Gasteiger partial charge in [0, 0.05) is 25.0 Å². The number of carbonyl (C=O) groups is 2. The summed E-state index contributed by atoms with van der Waals surface area (Å²) in [5.74, 6) is -0.378. The summed E-state index contributed by atoms with van der Waals surface area (Å²) in [5, 5.41) is 3.21. The van der Waals surface area contributed by atoms with E-state index in [1.165, 1.54) is 24.1 Å². The van der Waals surface area contributed by atoms with Crippen LogP contribution >= 0.6 is 11.6 Å². The fourth-order valence-corrected chi connectivity index (χ4v) is 6.17. The molecule has 0 radical (unpaired) electrons. The zero-order valence-corrected chi connectivity index (χ0v) is 25.6. The van der Waals surface area contributed by atoms with Crippen molar-refractivity contribution in [3.05, 3.63) is 125 Å². The third kappa shape index (κ3) is 8.15. The first kappa shape index (κ1) is 31.6. The Hall–Kier alpha value is -4.34. The van der Waals surface area contributed by atoms with E-state index in [4.69, 9.17) is 16.3 Å². The summed E-state index contributed by atoms with van der Waals surface area (Å²) < 4.78 is 34.6. The minimum Gasteiger partial charge on any atom is -0.494 e. The first-order valence-corrected chi connectivity index (χ1v) is 15.6. The lowest BCUT2D eigenvalue weighted by Gasteiger charge is -2.33.